The summed E-state index contributed by atoms with van der Waals surface area (Å²) in [5, 5.41) is 12.8. The van der Waals surface area contributed by atoms with E-state index in [0.717, 1.165) is 36.2 Å². The molecule has 0 spiro atoms. The molecule has 0 bridgehead atoms. The third kappa shape index (κ3) is 4.12. The fraction of sp³-hybridized carbons (Fsp3) is 0.389. The molecule has 27 heavy (non-hydrogen) atoms. The zero-order chi connectivity index (χ0) is 19.6. The first-order valence-corrected chi connectivity index (χ1v) is 11.1. The van der Waals surface area contributed by atoms with Crippen LogP contribution in [0.4, 0.5) is 0 Å². The Labute approximate surface area is 168 Å². The van der Waals surface area contributed by atoms with Crippen molar-refractivity contribution in [2.75, 3.05) is 13.7 Å². The van der Waals surface area contributed by atoms with E-state index in [9.17, 15) is 13.5 Å². The molecule has 0 saturated carbocycles. The highest BCUT2D eigenvalue weighted by atomic mass is 35.5. The Balaban J connectivity index is 2.04. The fourth-order valence-electron chi connectivity index (χ4n) is 3.00. The van der Waals surface area contributed by atoms with Gasteiger partial charge >= 0.3 is 0 Å². The van der Waals surface area contributed by atoms with Gasteiger partial charge in [0.25, 0.3) is 10.0 Å². The van der Waals surface area contributed by atoms with Gasteiger partial charge in [0.1, 0.15) is 10.8 Å². The molecule has 0 fully saturated rings. The van der Waals surface area contributed by atoms with E-state index in [4.69, 9.17) is 21.1 Å². The minimum Gasteiger partial charge on any atom is -0.613 e. The Hall–Kier alpha value is -1.64. The molecule has 0 atom stereocenters. The molecule has 0 unspecified atom stereocenters. The monoisotopic (exact) mass is 428 g/mol. The maximum absolute atomic E-state index is 12.8. The number of rotatable bonds is 5. The Morgan fingerprint density at radius 1 is 1.33 bits per heavy atom. The molecular formula is C18H19ClNO5S2-. The van der Waals surface area contributed by atoms with Crippen LogP contribution in [0.2, 0.25) is 5.02 Å². The van der Waals surface area contributed by atoms with Gasteiger partial charge in [-0.15, -0.1) is 0 Å². The van der Waals surface area contributed by atoms with Crippen molar-refractivity contribution in [2.24, 2.45) is 4.40 Å². The predicted octanol–water partition coefficient (Wildman–Crippen LogP) is 3.62. The van der Waals surface area contributed by atoms with Crippen molar-refractivity contribution in [1.82, 2.24) is 0 Å². The summed E-state index contributed by atoms with van der Waals surface area (Å²) in [5.41, 5.74) is 1.14. The second-order valence-corrected chi connectivity index (χ2v) is 9.07. The highest BCUT2D eigenvalue weighted by Crippen LogP contribution is 2.47. The van der Waals surface area contributed by atoms with E-state index in [1.165, 1.54) is 37.1 Å². The van der Waals surface area contributed by atoms with E-state index in [1.807, 2.05) is 0 Å². The van der Waals surface area contributed by atoms with Crippen LogP contribution in [0.5, 0.6) is 5.75 Å². The molecule has 0 aromatic heterocycles. The summed E-state index contributed by atoms with van der Waals surface area (Å²) < 4.78 is 39.7. The van der Waals surface area contributed by atoms with E-state index >= 15 is 0 Å². The zero-order valence-corrected chi connectivity index (χ0v) is 17.3. The SMILES string of the molecule is CCOC([O-])=C1C(=NS(=O)(=O)c2ccc(OC)c(Cl)c2)SC2=C1CCCC2. The van der Waals surface area contributed by atoms with Gasteiger partial charge in [-0.1, -0.05) is 30.3 Å². The van der Waals surface area contributed by atoms with Crippen molar-refractivity contribution in [2.45, 2.75) is 37.5 Å². The number of ether oxygens (including phenoxy) is 2. The largest absolute Gasteiger partial charge is 0.613 e. The van der Waals surface area contributed by atoms with Gasteiger partial charge in [0.05, 0.1) is 23.0 Å². The number of sulfonamides is 1. The Morgan fingerprint density at radius 3 is 2.74 bits per heavy atom. The van der Waals surface area contributed by atoms with E-state index in [2.05, 4.69) is 4.40 Å². The van der Waals surface area contributed by atoms with Gasteiger partial charge in [-0.25, -0.2) is 0 Å². The molecule has 0 radical (unpaired) electrons. The molecule has 1 aromatic rings. The van der Waals surface area contributed by atoms with E-state index in [-0.39, 0.29) is 27.1 Å². The molecule has 146 valence electrons. The van der Waals surface area contributed by atoms with Crippen molar-refractivity contribution in [3.63, 3.8) is 0 Å². The molecule has 1 aliphatic heterocycles. The van der Waals surface area contributed by atoms with E-state index in [1.54, 1.807) is 6.92 Å². The van der Waals surface area contributed by atoms with Crippen molar-refractivity contribution >= 4 is 38.4 Å². The minimum atomic E-state index is -4.04. The van der Waals surface area contributed by atoms with Gasteiger partial charge < -0.3 is 14.6 Å². The molecule has 2 aliphatic rings. The van der Waals surface area contributed by atoms with Crippen molar-refractivity contribution in [1.29, 1.82) is 0 Å². The van der Waals surface area contributed by atoms with Gasteiger partial charge in [-0.3, -0.25) is 0 Å². The first kappa shape index (κ1) is 20.1. The second kappa shape index (κ2) is 8.16. The molecule has 3 rings (SSSR count). The van der Waals surface area contributed by atoms with Gasteiger partial charge in [-0.2, -0.15) is 12.8 Å². The van der Waals surface area contributed by atoms with E-state index < -0.39 is 16.0 Å². The van der Waals surface area contributed by atoms with Crippen LogP contribution in [-0.4, -0.2) is 27.2 Å². The summed E-state index contributed by atoms with van der Waals surface area (Å²) in [7, 11) is -2.60. The van der Waals surface area contributed by atoms with Crippen LogP contribution in [0, 0.1) is 0 Å². The number of nitrogens with zero attached hydrogens (tertiary/aromatic N) is 1. The lowest BCUT2D eigenvalue weighted by Crippen LogP contribution is -2.16. The summed E-state index contributed by atoms with van der Waals surface area (Å²) in [5.74, 6) is -0.159. The highest BCUT2D eigenvalue weighted by Gasteiger charge is 2.31. The average molecular weight is 429 g/mol. The third-order valence-electron chi connectivity index (χ3n) is 4.26. The number of methoxy groups -OCH3 is 1. The summed E-state index contributed by atoms with van der Waals surface area (Å²) in [4.78, 5) is 0.945. The van der Waals surface area contributed by atoms with Crippen LogP contribution in [-0.2, 0) is 14.8 Å². The number of hydrogen-bond donors (Lipinski definition) is 0. The van der Waals surface area contributed by atoms with Gasteiger partial charge in [0.15, 0.2) is 0 Å². The quantitative estimate of drug-likeness (QED) is 0.665. The first-order valence-electron chi connectivity index (χ1n) is 8.50. The summed E-state index contributed by atoms with van der Waals surface area (Å²) in [6.07, 6.45) is 3.51. The number of allylic oxidation sites excluding steroid dienone is 2. The Morgan fingerprint density at radius 2 is 2.07 bits per heavy atom. The lowest BCUT2D eigenvalue weighted by Gasteiger charge is -2.19. The van der Waals surface area contributed by atoms with Crippen LogP contribution < -0.4 is 9.84 Å². The topological polar surface area (TPSA) is 88.0 Å². The van der Waals surface area contributed by atoms with Crippen LogP contribution in [0.1, 0.15) is 32.6 Å². The summed E-state index contributed by atoms with van der Waals surface area (Å²) in [6.45, 7) is 1.92. The van der Waals surface area contributed by atoms with Gasteiger partial charge in [-0.05, 0) is 61.0 Å². The molecule has 1 aliphatic carbocycles. The third-order valence-corrected chi connectivity index (χ3v) is 7.13. The lowest BCUT2D eigenvalue weighted by molar-refractivity contribution is -0.357. The molecular weight excluding hydrogens is 410 g/mol. The normalized spacial score (nSPS) is 20.6. The first-order chi connectivity index (χ1) is 12.9. The number of benzene rings is 1. The molecule has 6 nitrogen and oxygen atoms in total. The number of thioether (sulfide) groups is 1. The molecule has 0 N–H and O–H groups in total. The number of halogens is 1. The second-order valence-electron chi connectivity index (χ2n) is 5.97. The van der Waals surface area contributed by atoms with Crippen LogP contribution in [0.3, 0.4) is 0 Å². The molecule has 0 amide bonds. The zero-order valence-electron chi connectivity index (χ0n) is 15.0. The number of hydrogen-bond acceptors (Lipinski definition) is 6. The molecule has 0 saturated heterocycles. The van der Waals surface area contributed by atoms with Crippen molar-refractivity contribution < 1.29 is 23.0 Å². The summed E-state index contributed by atoms with van der Waals surface area (Å²) >= 11 is 7.29. The van der Waals surface area contributed by atoms with Crippen molar-refractivity contribution in [3.05, 3.63) is 45.2 Å². The molecule has 1 aromatic carbocycles. The average Bonchev–Trinajstić information content (AvgIpc) is 2.98. The highest BCUT2D eigenvalue weighted by molar-refractivity contribution is 8.18. The van der Waals surface area contributed by atoms with Crippen LogP contribution in [0.25, 0.3) is 0 Å². The van der Waals surface area contributed by atoms with Crippen molar-refractivity contribution in [3.8, 4) is 5.75 Å². The van der Waals surface area contributed by atoms with Crippen LogP contribution >= 0.6 is 23.4 Å². The minimum absolute atomic E-state index is 0.0607. The maximum Gasteiger partial charge on any atom is 0.283 e. The van der Waals surface area contributed by atoms with E-state index in [0.29, 0.717) is 5.75 Å². The lowest BCUT2D eigenvalue weighted by atomic mass is 9.94. The Kier molecular flexibility index (Phi) is 6.08. The van der Waals surface area contributed by atoms with Gasteiger partial charge in [0, 0.05) is 5.57 Å². The van der Waals surface area contributed by atoms with Crippen LogP contribution in [0.15, 0.2) is 49.5 Å². The smallest absolute Gasteiger partial charge is 0.283 e. The summed E-state index contributed by atoms with van der Waals surface area (Å²) in [6, 6.07) is 4.13. The molecule has 9 heteroatoms. The fourth-order valence-corrected chi connectivity index (χ4v) is 5.80. The molecule has 1 heterocycles. The predicted molar refractivity (Wildman–Crippen MR) is 104 cm³/mol. The maximum atomic E-state index is 12.8. The Bertz CT molecular complexity index is 950. The standard InChI is InChI=1S/C18H20ClNO5S2/c1-3-25-18(21)16-12-6-4-5-7-15(12)26-17(16)20-27(22,23)11-8-9-14(24-2)13(19)10-11/h8-10,21H,3-7H2,1-2H3/p-1. The van der Waals surface area contributed by atoms with Gasteiger partial charge in [0.2, 0.25) is 0 Å².